The summed E-state index contributed by atoms with van der Waals surface area (Å²) in [5, 5.41) is 0. The molecule has 336 valence electrons. The van der Waals surface area contributed by atoms with Crippen molar-refractivity contribution in [2.45, 2.75) is 24.7 Å². The predicted molar refractivity (Wildman–Crippen MR) is 298 cm³/mol. The molecule has 0 atom stereocenters. The maximum Gasteiger partial charge on any atom is 0.0714 e. The van der Waals surface area contributed by atoms with Crippen molar-refractivity contribution in [3.8, 4) is 66.8 Å². The van der Waals surface area contributed by atoms with Gasteiger partial charge >= 0.3 is 0 Å². The lowest BCUT2D eigenvalue weighted by atomic mass is 9.66. The fraction of sp³-hybridized carbons (Fsp3) is 0.0571. The summed E-state index contributed by atoms with van der Waals surface area (Å²) in [6, 6.07) is 101. The lowest BCUT2D eigenvalue weighted by Gasteiger charge is -2.36. The molecule has 0 saturated heterocycles. The zero-order valence-electron chi connectivity index (χ0n) is 39.9. The van der Waals surface area contributed by atoms with E-state index in [2.05, 4.69) is 292 Å². The van der Waals surface area contributed by atoms with Crippen LogP contribution < -0.4 is 4.90 Å². The number of hydrogen-bond acceptors (Lipinski definition) is 1. The number of nitrogens with zero attached hydrogens (tertiary/aromatic N) is 1. The monoisotopic (exact) mass is 905 g/mol. The zero-order chi connectivity index (χ0) is 47.5. The Balaban J connectivity index is 1.12. The van der Waals surface area contributed by atoms with Gasteiger partial charge < -0.3 is 4.90 Å². The molecule has 0 amide bonds. The highest BCUT2D eigenvalue weighted by atomic mass is 15.1. The van der Waals surface area contributed by atoms with Crippen molar-refractivity contribution in [2.75, 3.05) is 4.90 Å². The van der Waals surface area contributed by atoms with Crippen LogP contribution >= 0.6 is 0 Å². The number of hydrogen-bond donors (Lipinski definition) is 0. The van der Waals surface area contributed by atoms with Crippen molar-refractivity contribution in [1.82, 2.24) is 0 Å². The number of anilines is 3. The van der Waals surface area contributed by atoms with E-state index in [9.17, 15) is 0 Å². The van der Waals surface area contributed by atoms with Gasteiger partial charge in [-0.15, -0.1) is 0 Å². The molecule has 11 aromatic rings. The van der Waals surface area contributed by atoms with Crippen LogP contribution in [0.5, 0.6) is 0 Å². The van der Waals surface area contributed by atoms with Crippen LogP contribution in [-0.2, 0) is 10.8 Å². The molecule has 0 unspecified atom stereocenters. The molecule has 13 rings (SSSR count). The van der Waals surface area contributed by atoms with Crippen LogP contribution in [0.2, 0.25) is 0 Å². The Morgan fingerprint density at radius 3 is 1.10 bits per heavy atom. The van der Waals surface area contributed by atoms with Gasteiger partial charge in [0.2, 0.25) is 0 Å². The normalized spacial score (nSPS) is 13.4. The van der Waals surface area contributed by atoms with E-state index >= 15 is 0 Å². The first-order chi connectivity index (χ1) is 35.0. The first-order valence-corrected chi connectivity index (χ1v) is 24.8. The maximum atomic E-state index is 2.61. The first kappa shape index (κ1) is 42.3. The van der Waals surface area contributed by atoms with Gasteiger partial charge in [-0.3, -0.25) is 0 Å². The maximum absolute atomic E-state index is 2.61. The summed E-state index contributed by atoms with van der Waals surface area (Å²) in [7, 11) is 0. The molecule has 0 spiro atoms. The molecule has 0 N–H and O–H groups in total. The summed E-state index contributed by atoms with van der Waals surface area (Å²) in [6.07, 6.45) is 0. The first-order valence-electron chi connectivity index (χ1n) is 24.8. The summed E-state index contributed by atoms with van der Waals surface area (Å²) in [5.74, 6) is 0. The van der Waals surface area contributed by atoms with Crippen LogP contribution in [0.1, 0.15) is 47.2 Å². The molecule has 0 aromatic heterocycles. The van der Waals surface area contributed by atoms with E-state index in [0.29, 0.717) is 0 Å². The highest BCUT2D eigenvalue weighted by molar-refractivity contribution is 6.07. The topological polar surface area (TPSA) is 3.24 Å². The highest BCUT2D eigenvalue weighted by Gasteiger charge is 2.51. The molecule has 0 fully saturated rings. The average molecular weight is 906 g/mol. The smallest absolute Gasteiger partial charge is 0.0714 e. The van der Waals surface area contributed by atoms with E-state index < -0.39 is 5.41 Å². The molecule has 2 aliphatic carbocycles. The number of fused-ring (bicyclic) bond motifs is 6. The summed E-state index contributed by atoms with van der Waals surface area (Å²) in [6.45, 7) is 4.85. The lowest BCUT2D eigenvalue weighted by molar-refractivity contribution is 0.656. The van der Waals surface area contributed by atoms with E-state index in [1.807, 2.05) is 0 Å². The number of rotatable bonds is 9. The zero-order valence-corrected chi connectivity index (χ0v) is 39.9. The van der Waals surface area contributed by atoms with Gasteiger partial charge in [0, 0.05) is 27.9 Å². The van der Waals surface area contributed by atoms with Gasteiger partial charge in [-0.25, -0.2) is 0 Å². The third-order valence-electron chi connectivity index (χ3n) is 15.4. The van der Waals surface area contributed by atoms with Gasteiger partial charge in [0.1, 0.15) is 0 Å². The fourth-order valence-electron chi connectivity index (χ4n) is 11.9. The Morgan fingerprint density at radius 1 is 0.268 bits per heavy atom. The summed E-state index contributed by atoms with van der Waals surface area (Å²) < 4.78 is 0. The third-order valence-corrected chi connectivity index (χ3v) is 15.4. The van der Waals surface area contributed by atoms with Crippen molar-refractivity contribution in [3.05, 3.63) is 306 Å². The minimum Gasteiger partial charge on any atom is -0.309 e. The molecule has 0 radical (unpaired) electrons. The summed E-state index contributed by atoms with van der Waals surface area (Å²) in [4.78, 5) is 2.58. The van der Waals surface area contributed by atoms with Gasteiger partial charge in [0.15, 0.2) is 0 Å². The van der Waals surface area contributed by atoms with E-state index in [1.54, 1.807) is 0 Å². The van der Waals surface area contributed by atoms with E-state index in [-0.39, 0.29) is 5.41 Å². The molecule has 11 aromatic carbocycles. The highest BCUT2D eigenvalue weighted by Crippen LogP contribution is 2.65. The van der Waals surface area contributed by atoms with Crippen molar-refractivity contribution >= 4 is 17.1 Å². The quantitative estimate of drug-likeness (QED) is 0.139. The van der Waals surface area contributed by atoms with E-state index in [4.69, 9.17) is 0 Å². The Morgan fingerprint density at radius 2 is 0.620 bits per heavy atom. The molecular weight excluding hydrogens is 855 g/mol. The van der Waals surface area contributed by atoms with Crippen LogP contribution in [-0.4, -0.2) is 0 Å². The predicted octanol–water partition coefficient (Wildman–Crippen LogP) is 18.5. The average Bonchev–Trinajstić information content (AvgIpc) is 3.88. The fourth-order valence-corrected chi connectivity index (χ4v) is 11.9. The van der Waals surface area contributed by atoms with Gasteiger partial charge in [-0.1, -0.05) is 257 Å². The van der Waals surface area contributed by atoms with Crippen LogP contribution in [0.15, 0.2) is 273 Å². The Bertz CT molecular complexity index is 3670. The minimum absolute atomic E-state index is 0.294. The second kappa shape index (κ2) is 17.0. The van der Waals surface area contributed by atoms with Gasteiger partial charge in [0.05, 0.1) is 11.1 Å². The molecule has 0 saturated carbocycles. The second-order valence-corrected chi connectivity index (χ2v) is 19.6. The molecular formula is C70H51N. The van der Waals surface area contributed by atoms with Gasteiger partial charge in [-0.05, 0) is 119 Å². The molecule has 1 nitrogen and oxygen atoms in total. The molecule has 71 heavy (non-hydrogen) atoms. The molecule has 0 aliphatic heterocycles. The lowest BCUT2D eigenvalue weighted by Crippen LogP contribution is -2.29. The molecule has 0 bridgehead atoms. The van der Waals surface area contributed by atoms with Crippen molar-refractivity contribution in [1.29, 1.82) is 0 Å². The summed E-state index contributed by atoms with van der Waals surface area (Å²) >= 11 is 0. The van der Waals surface area contributed by atoms with Crippen molar-refractivity contribution < 1.29 is 0 Å². The molecule has 2 aliphatic rings. The molecule has 1 heteroatoms. The van der Waals surface area contributed by atoms with Crippen molar-refractivity contribution in [3.63, 3.8) is 0 Å². The second-order valence-electron chi connectivity index (χ2n) is 19.6. The van der Waals surface area contributed by atoms with Crippen LogP contribution in [0, 0.1) is 0 Å². The largest absolute Gasteiger partial charge is 0.309 e. The Labute approximate surface area is 417 Å². The summed E-state index contributed by atoms with van der Waals surface area (Å²) in [5.41, 5.74) is 24.9. The Kier molecular flexibility index (Phi) is 10.1. The SMILES string of the molecule is CC1(C)c2ccccc2-c2c1cc1c(c2N(c2ccc(-c3ccccc3)cc2)c2ccc(-c3ccc(-c4ccccc4)cc3)cc2)-c2ccc(-c3ccccc3)cc2C1(c1ccccc1)c1ccccc1. The van der Waals surface area contributed by atoms with E-state index in [0.717, 1.165) is 11.4 Å². The van der Waals surface area contributed by atoms with Gasteiger partial charge in [0.25, 0.3) is 0 Å². The molecule has 0 heterocycles. The van der Waals surface area contributed by atoms with Crippen LogP contribution in [0.3, 0.4) is 0 Å². The third kappa shape index (κ3) is 6.84. The van der Waals surface area contributed by atoms with Gasteiger partial charge in [-0.2, -0.15) is 0 Å². The van der Waals surface area contributed by atoms with Crippen LogP contribution in [0.25, 0.3) is 66.8 Å². The number of benzene rings is 11. The Hall–Kier alpha value is -8.78. The van der Waals surface area contributed by atoms with E-state index in [1.165, 1.54) is 106 Å². The minimum atomic E-state index is -0.648. The van der Waals surface area contributed by atoms with Crippen molar-refractivity contribution in [2.24, 2.45) is 0 Å². The van der Waals surface area contributed by atoms with Crippen LogP contribution in [0.4, 0.5) is 17.1 Å². The standard InChI is InChI=1S/C70H51N/c1-69(2)62-31-19-18-30-60(62)66-64(69)47-65-67(61-45-40-55(50-24-12-5-13-25-50)46-63(61)70(65,56-26-14-6-15-27-56)57-28-16-7-17-29-57)68(66)71(58-41-36-53(37-42-58)49-22-10-4-11-23-49)59-43-38-54(39-44-59)52-34-32-51(33-35-52)48-20-8-3-9-21-48/h3-47H,1-2H3.